The van der Waals surface area contributed by atoms with Crippen LogP contribution in [0, 0.1) is 5.82 Å². The van der Waals surface area contributed by atoms with E-state index in [-0.39, 0.29) is 11.3 Å². The lowest BCUT2D eigenvalue weighted by atomic mass is 10.2. The molecule has 1 aromatic carbocycles. The lowest BCUT2D eigenvalue weighted by molar-refractivity contribution is 0.102. The first-order valence-electron chi connectivity index (χ1n) is 4.90. The molecule has 1 amide bonds. The van der Waals surface area contributed by atoms with Crippen molar-refractivity contribution >= 4 is 17.3 Å². The van der Waals surface area contributed by atoms with E-state index in [0.717, 1.165) is 12.1 Å². The molecular weight excluding hydrogens is 223 g/mol. The third kappa shape index (κ3) is 2.60. The van der Waals surface area contributed by atoms with Crippen molar-refractivity contribution in [3.8, 4) is 0 Å². The molecule has 88 valence electrons. The quantitative estimate of drug-likeness (QED) is 0.771. The maximum atomic E-state index is 13.1. The van der Waals surface area contributed by atoms with Gasteiger partial charge in [0.1, 0.15) is 5.82 Å². The molecule has 1 aromatic heterocycles. The molecular formula is C11H11FN4O. The van der Waals surface area contributed by atoms with Gasteiger partial charge < -0.3 is 11.1 Å². The molecule has 1 heterocycles. The number of amides is 1. The van der Waals surface area contributed by atoms with Crippen LogP contribution in [-0.4, -0.2) is 15.7 Å². The highest BCUT2D eigenvalue weighted by atomic mass is 19.1. The summed E-state index contributed by atoms with van der Waals surface area (Å²) in [5.74, 6) is -0.967. The van der Waals surface area contributed by atoms with Gasteiger partial charge in [0.05, 0.1) is 11.9 Å². The van der Waals surface area contributed by atoms with E-state index in [1.165, 1.54) is 12.3 Å². The normalized spacial score (nSPS) is 10.2. The topological polar surface area (TPSA) is 72.9 Å². The molecule has 3 N–H and O–H groups in total. The molecule has 0 spiro atoms. The van der Waals surface area contributed by atoms with Gasteiger partial charge in [0, 0.05) is 24.5 Å². The number of nitrogens with zero attached hydrogens (tertiary/aromatic N) is 2. The molecule has 0 unspecified atom stereocenters. The molecule has 0 aliphatic heterocycles. The van der Waals surface area contributed by atoms with E-state index in [2.05, 4.69) is 10.4 Å². The van der Waals surface area contributed by atoms with Crippen LogP contribution >= 0.6 is 0 Å². The summed E-state index contributed by atoms with van der Waals surface area (Å²) in [6, 6.07) is 3.69. The average Bonchev–Trinajstić information content (AvgIpc) is 2.62. The molecule has 0 aliphatic rings. The smallest absolute Gasteiger partial charge is 0.255 e. The molecule has 17 heavy (non-hydrogen) atoms. The second kappa shape index (κ2) is 4.25. The summed E-state index contributed by atoms with van der Waals surface area (Å²) in [6.07, 6.45) is 3.14. The number of carbonyl (C=O) groups excluding carboxylic acids is 1. The SMILES string of the molecule is Cn1cc(NC(=O)c2cc(N)cc(F)c2)cn1. The molecule has 0 saturated carbocycles. The minimum Gasteiger partial charge on any atom is -0.399 e. The summed E-state index contributed by atoms with van der Waals surface area (Å²) in [5, 5.41) is 6.49. The number of nitrogens with one attached hydrogen (secondary N) is 1. The summed E-state index contributed by atoms with van der Waals surface area (Å²) < 4.78 is 14.6. The van der Waals surface area contributed by atoms with Crippen molar-refractivity contribution in [1.82, 2.24) is 9.78 Å². The Morgan fingerprint density at radius 2 is 2.24 bits per heavy atom. The van der Waals surface area contributed by atoms with Crippen molar-refractivity contribution < 1.29 is 9.18 Å². The highest BCUT2D eigenvalue weighted by molar-refractivity contribution is 6.04. The van der Waals surface area contributed by atoms with Gasteiger partial charge in [-0.25, -0.2) is 4.39 Å². The number of rotatable bonds is 2. The number of hydrogen-bond donors (Lipinski definition) is 2. The summed E-state index contributed by atoms with van der Waals surface area (Å²) >= 11 is 0. The Morgan fingerprint density at radius 3 is 2.82 bits per heavy atom. The Bertz CT molecular complexity index is 544. The largest absolute Gasteiger partial charge is 0.399 e. The van der Waals surface area contributed by atoms with Crippen LogP contribution in [-0.2, 0) is 7.05 Å². The third-order valence-electron chi connectivity index (χ3n) is 2.15. The number of hydrogen-bond acceptors (Lipinski definition) is 3. The van der Waals surface area contributed by atoms with Gasteiger partial charge in [-0.2, -0.15) is 5.10 Å². The van der Waals surface area contributed by atoms with E-state index in [0.29, 0.717) is 5.69 Å². The Kier molecular flexibility index (Phi) is 2.78. The number of halogens is 1. The summed E-state index contributed by atoms with van der Waals surface area (Å²) in [6.45, 7) is 0. The van der Waals surface area contributed by atoms with Crippen LogP contribution < -0.4 is 11.1 Å². The molecule has 0 aliphatic carbocycles. The van der Waals surface area contributed by atoms with Crippen LogP contribution in [0.4, 0.5) is 15.8 Å². The van der Waals surface area contributed by atoms with Crippen LogP contribution in [0.5, 0.6) is 0 Å². The predicted octanol–water partition coefficient (Wildman–Crippen LogP) is 1.39. The van der Waals surface area contributed by atoms with E-state index >= 15 is 0 Å². The molecule has 0 saturated heterocycles. The zero-order valence-corrected chi connectivity index (χ0v) is 9.14. The van der Waals surface area contributed by atoms with E-state index in [4.69, 9.17) is 5.73 Å². The van der Waals surface area contributed by atoms with Crippen molar-refractivity contribution in [1.29, 1.82) is 0 Å². The van der Waals surface area contributed by atoms with E-state index < -0.39 is 11.7 Å². The maximum Gasteiger partial charge on any atom is 0.255 e. The second-order valence-electron chi connectivity index (χ2n) is 3.63. The first-order chi connectivity index (χ1) is 8.04. The van der Waals surface area contributed by atoms with Crippen LogP contribution in [0.15, 0.2) is 30.6 Å². The van der Waals surface area contributed by atoms with Crippen molar-refractivity contribution in [3.63, 3.8) is 0 Å². The van der Waals surface area contributed by atoms with Gasteiger partial charge in [-0.15, -0.1) is 0 Å². The van der Waals surface area contributed by atoms with Crippen LogP contribution in [0.3, 0.4) is 0 Å². The van der Waals surface area contributed by atoms with Gasteiger partial charge in [0.25, 0.3) is 5.91 Å². The third-order valence-corrected chi connectivity index (χ3v) is 2.15. The summed E-state index contributed by atoms with van der Waals surface area (Å²) in [7, 11) is 1.73. The van der Waals surface area contributed by atoms with Gasteiger partial charge in [0.2, 0.25) is 0 Å². The fraction of sp³-hybridized carbons (Fsp3) is 0.0909. The van der Waals surface area contributed by atoms with Crippen molar-refractivity contribution in [3.05, 3.63) is 42.0 Å². The Balaban J connectivity index is 2.19. The van der Waals surface area contributed by atoms with Gasteiger partial charge in [-0.1, -0.05) is 0 Å². The molecule has 0 radical (unpaired) electrons. The number of carbonyl (C=O) groups is 1. The number of anilines is 2. The van der Waals surface area contributed by atoms with Crippen LogP contribution in [0.25, 0.3) is 0 Å². The minimum atomic E-state index is -0.540. The first-order valence-corrected chi connectivity index (χ1v) is 4.90. The van der Waals surface area contributed by atoms with E-state index in [9.17, 15) is 9.18 Å². The van der Waals surface area contributed by atoms with E-state index in [1.54, 1.807) is 17.9 Å². The highest BCUT2D eigenvalue weighted by Gasteiger charge is 2.09. The number of nitrogens with two attached hydrogens (primary N) is 1. The summed E-state index contributed by atoms with van der Waals surface area (Å²) in [5.41, 5.74) is 6.38. The van der Waals surface area contributed by atoms with Crippen molar-refractivity contribution in [2.24, 2.45) is 7.05 Å². The molecule has 2 aromatic rings. The average molecular weight is 234 g/mol. The number of nitrogen functional groups attached to an aromatic ring is 1. The van der Waals surface area contributed by atoms with Crippen molar-refractivity contribution in [2.75, 3.05) is 11.1 Å². The lowest BCUT2D eigenvalue weighted by Gasteiger charge is -2.03. The summed E-state index contributed by atoms with van der Waals surface area (Å²) in [4.78, 5) is 11.8. The standard InChI is InChI=1S/C11H11FN4O/c1-16-6-10(5-14-16)15-11(17)7-2-8(12)4-9(13)3-7/h2-6H,13H2,1H3,(H,15,17). The monoisotopic (exact) mass is 234 g/mol. The van der Waals surface area contributed by atoms with Gasteiger partial charge in [-0.3, -0.25) is 9.48 Å². The Morgan fingerprint density at radius 1 is 1.47 bits per heavy atom. The number of benzene rings is 1. The minimum absolute atomic E-state index is 0.173. The highest BCUT2D eigenvalue weighted by Crippen LogP contribution is 2.13. The van der Waals surface area contributed by atoms with Gasteiger partial charge in [-0.05, 0) is 18.2 Å². The maximum absolute atomic E-state index is 13.1. The molecule has 5 nitrogen and oxygen atoms in total. The molecule has 0 atom stereocenters. The van der Waals surface area contributed by atoms with Crippen LogP contribution in [0.1, 0.15) is 10.4 Å². The second-order valence-corrected chi connectivity index (χ2v) is 3.63. The number of aryl methyl sites for hydroxylation is 1. The van der Waals surface area contributed by atoms with Crippen molar-refractivity contribution in [2.45, 2.75) is 0 Å². The van der Waals surface area contributed by atoms with Gasteiger partial charge >= 0.3 is 0 Å². The molecule has 2 rings (SSSR count). The predicted molar refractivity (Wildman–Crippen MR) is 62.0 cm³/mol. The molecule has 0 bridgehead atoms. The molecule has 0 fully saturated rings. The number of aromatic nitrogens is 2. The fourth-order valence-corrected chi connectivity index (χ4v) is 1.43. The van der Waals surface area contributed by atoms with E-state index in [1.807, 2.05) is 0 Å². The zero-order chi connectivity index (χ0) is 12.4. The Labute approximate surface area is 97.0 Å². The zero-order valence-electron chi connectivity index (χ0n) is 9.14. The first kappa shape index (κ1) is 11.1. The Hall–Kier alpha value is -2.37. The lowest BCUT2D eigenvalue weighted by Crippen LogP contribution is -2.12. The van der Waals surface area contributed by atoms with Crippen LogP contribution in [0.2, 0.25) is 0 Å². The fourth-order valence-electron chi connectivity index (χ4n) is 1.43. The molecule has 6 heteroatoms. The van der Waals surface area contributed by atoms with Gasteiger partial charge in [0.15, 0.2) is 0 Å².